The van der Waals surface area contributed by atoms with Crippen LogP contribution in [0.4, 0.5) is 0 Å². The molecular weight excluding hydrogens is 378 g/mol. The Morgan fingerprint density at radius 3 is 2.46 bits per heavy atom. The average Bonchev–Trinajstić information content (AvgIpc) is 3.01. The van der Waals surface area contributed by atoms with Crippen LogP contribution in [0.15, 0.2) is 39.8 Å². The molecule has 1 aromatic carbocycles. The Morgan fingerprint density at radius 2 is 1.89 bits per heavy atom. The summed E-state index contributed by atoms with van der Waals surface area (Å²) in [5.74, 6) is 0.497. The van der Waals surface area contributed by atoms with Crippen LogP contribution >= 0.6 is 0 Å². The van der Waals surface area contributed by atoms with Crippen molar-refractivity contribution in [2.45, 2.75) is 51.0 Å². The number of hydrogen-bond acceptors (Lipinski definition) is 5. The van der Waals surface area contributed by atoms with Gasteiger partial charge in [0.1, 0.15) is 10.6 Å². The van der Waals surface area contributed by atoms with E-state index in [9.17, 15) is 13.2 Å². The van der Waals surface area contributed by atoms with Crippen molar-refractivity contribution in [1.29, 1.82) is 0 Å². The van der Waals surface area contributed by atoms with Crippen LogP contribution in [-0.2, 0) is 14.8 Å². The van der Waals surface area contributed by atoms with Gasteiger partial charge in [0, 0.05) is 19.5 Å². The summed E-state index contributed by atoms with van der Waals surface area (Å²) in [6.07, 6.45) is 1.74. The molecule has 0 bridgehead atoms. The van der Waals surface area contributed by atoms with Crippen LogP contribution < -0.4 is 5.32 Å². The Kier molecular flexibility index (Phi) is 6.20. The summed E-state index contributed by atoms with van der Waals surface area (Å²) in [5, 5.41) is 6.78. The number of rotatable bonds is 6. The van der Waals surface area contributed by atoms with Crippen molar-refractivity contribution in [2.75, 3.05) is 13.1 Å². The van der Waals surface area contributed by atoms with E-state index in [0.717, 1.165) is 5.56 Å². The van der Waals surface area contributed by atoms with Gasteiger partial charge in [0.15, 0.2) is 5.76 Å². The van der Waals surface area contributed by atoms with Crippen LogP contribution in [-0.4, -0.2) is 36.9 Å². The van der Waals surface area contributed by atoms with E-state index in [-0.39, 0.29) is 22.8 Å². The van der Waals surface area contributed by atoms with E-state index in [1.165, 1.54) is 4.31 Å². The van der Waals surface area contributed by atoms with Crippen LogP contribution in [0.5, 0.6) is 0 Å². The Bertz CT molecular complexity index is 897. The quantitative estimate of drug-likeness (QED) is 0.798. The van der Waals surface area contributed by atoms with Crippen LogP contribution in [0.25, 0.3) is 0 Å². The van der Waals surface area contributed by atoms with Crippen molar-refractivity contribution >= 4 is 15.9 Å². The normalized spacial score (nSPS) is 17.4. The zero-order valence-electron chi connectivity index (χ0n) is 16.5. The lowest BCUT2D eigenvalue weighted by atomic mass is 9.94. The van der Waals surface area contributed by atoms with Gasteiger partial charge in [-0.25, -0.2) is 8.42 Å². The minimum absolute atomic E-state index is 0.00313. The average molecular weight is 406 g/mol. The van der Waals surface area contributed by atoms with Crippen LogP contribution in [0.2, 0.25) is 0 Å². The third-order valence-electron chi connectivity index (χ3n) is 5.29. The van der Waals surface area contributed by atoms with E-state index in [2.05, 4.69) is 10.5 Å². The molecule has 0 unspecified atom stereocenters. The number of nitrogens with zero attached hydrogens (tertiary/aromatic N) is 2. The monoisotopic (exact) mass is 405 g/mol. The van der Waals surface area contributed by atoms with Gasteiger partial charge in [-0.3, -0.25) is 4.79 Å². The van der Waals surface area contributed by atoms with Crippen molar-refractivity contribution in [1.82, 2.24) is 14.8 Å². The summed E-state index contributed by atoms with van der Waals surface area (Å²) in [7, 11) is -3.61. The highest BCUT2D eigenvalue weighted by molar-refractivity contribution is 7.89. The number of sulfonamides is 1. The van der Waals surface area contributed by atoms with E-state index in [0.29, 0.717) is 43.8 Å². The van der Waals surface area contributed by atoms with Crippen molar-refractivity contribution < 1.29 is 17.7 Å². The molecular formula is C20H27N3O4S. The number of benzene rings is 1. The van der Waals surface area contributed by atoms with Crippen molar-refractivity contribution in [3.8, 4) is 0 Å². The highest BCUT2D eigenvalue weighted by atomic mass is 32.2. The summed E-state index contributed by atoms with van der Waals surface area (Å²) in [4.78, 5) is 12.6. The number of piperidine rings is 1. The van der Waals surface area contributed by atoms with Crippen LogP contribution in [0.3, 0.4) is 0 Å². The van der Waals surface area contributed by atoms with E-state index in [1.54, 1.807) is 13.8 Å². The molecule has 1 aromatic heterocycles. The zero-order chi connectivity index (χ0) is 20.3. The molecule has 1 saturated heterocycles. The predicted octanol–water partition coefficient (Wildman–Crippen LogP) is 2.96. The topological polar surface area (TPSA) is 92.5 Å². The van der Waals surface area contributed by atoms with Gasteiger partial charge >= 0.3 is 0 Å². The highest BCUT2D eigenvalue weighted by Crippen LogP contribution is 2.28. The summed E-state index contributed by atoms with van der Waals surface area (Å²) >= 11 is 0. The van der Waals surface area contributed by atoms with Gasteiger partial charge in [0.05, 0.1) is 6.04 Å². The maximum Gasteiger partial charge on any atom is 0.248 e. The number of aromatic nitrogens is 1. The fourth-order valence-corrected chi connectivity index (χ4v) is 5.47. The van der Waals surface area contributed by atoms with Gasteiger partial charge in [-0.1, -0.05) is 35.5 Å². The van der Waals surface area contributed by atoms with Crippen molar-refractivity contribution in [2.24, 2.45) is 5.92 Å². The molecule has 1 aliphatic heterocycles. The van der Waals surface area contributed by atoms with Gasteiger partial charge in [0.2, 0.25) is 15.9 Å². The Labute approximate surface area is 166 Å². The third-order valence-corrected chi connectivity index (χ3v) is 7.43. The minimum Gasteiger partial charge on any atom is -0.360 e. The molecule has 152 valence electrons. The smallest absolute Gasteiger partial charge is 0.248 e. The molecule has 2 heterocycles. The molecule has 3 rings (SSSR count). The Hall–Kier alpha value is -2.19. The molecule has 0 radical (unpaired) electrons. The Balaban J connectivity index is 1.53. The largest absolute Gasteiger partial charge is 0.360 e. The number of carbonyl (C=O) groups is 1. The van der Waals surface area contributed by atoms with Gasteiger partial charge < -0.3 is 9.84 Å². The molecule has 1 atom stereocenters. The van der Waals surface area contributed by atoms with E-state index >= 15 is 0 Å². The molecule has 0 spiro atoms. The number of nitrogens with one attached hydrogen (secondary N) is 1. The summed E-state index contributed by atoms with van der Waals surface area (Å²) < 4.78 is 32.2. The number of aryl methyl sites for hydroxylation is 2. The third kappa shape index (κ3) is 4.44. The van der Waals surface area contributed by atoms with Crippen LogP contribution in [0.1, 0.15) is 49.2 Å². The van der Waals surface area contributed by atoms with E-state index < -0.39 is 10.0 Å². The van der Waals surface area contributed by atoms with E-state index in [1.807, 2.05) is 37.3 Å². The van der Waals surface area contributed by atoms with Gasteiger partial charge in [-0.2, -0.15) is 4.31 Å². The number of carbonyl (C=O) groups excluding carboxylic acids is 1. The molecule has 1 aliphatic rings. The fraction of sp³-hybridized carbons (Fsp3) is 0.500. The Morgan fingerprint density at radius 1 is 1.25 bits per heavy atom. The first-order valence-corrected chi connectivity index (χ1v) is 11.0. The number of hydrogen-bond donors (Lipinski definition) is 1. The molecule has 2 aromatic rings. The standard InChI is InChI=1S/C20H27N3O4S/c1-14(18-7-5-4-6-8-18)21-19(24)13-17-9-11-23(12-10-17)28(25,26)20-15(2)22-27-16(20)3/h4-8,14,17H,9-13H2,1-3H3,(H,21,24)/t14-/m1/s1. The highest BCUT2D eigenvalue weighted by Gasteiger charge is 2.34. The van der Waals surface area contributed by atoms with E-state index in [4.69, 9.17) is 4.52 Å². The summed E-state index contributed by atoms with van der Waals surface area (Å²) in [6.45, 7) is 6.01. The molecule has 7 nitrogen and oxygen atoms in total. The predicted molar refractivity (Wildman–Crippen MR) is 105 cm³/mol. The molecule has 1 fully saturated rings. The lowest BCUT2D eigenvalue weighted by molar-refractivity contribution is -0.122. The molecule has 0 saturated carbocycles. The zero-order valence-corrected chi connectivity index (χ0v) is 17.3. The second kappa shape index (κ2) is 8.45. The molecule has 1 amide bonds. The van der Waals surface area contributed by atoms with Crippen LogP contribution in [0, 0.1) is 19.8 Å². The van der Waals surface area contributed by atoms with Gasteiger partial charge in [-0.15, -0.1) is 0 Å². The second-order valence-electron chi connectivity index (χ2n) is 7.40. The maximum atomic E-state index is 12.9. The first-order valence-electron chi connectivity index (χ1n) is 9.56. The molecule has 0 aliphatic carbocycles. The van der Waals surface area contributed by atoms with Gasteiger partial charge in [-0.05, 0) is 45.1 Å². The number of amides is 1. The SMILES string of the molecule is Cc1noc(C)c1S(=O)(=O)N1CCC(CC(=O)N[C@H](C)c2ccccc2)CC1. The summed E-state index contributed by atoms with van der Waals surface area (Å²) in [5.41, 5.74) is 1.45. The minimum atomic E-state index is -3.61. The first kappa shape index (κ1) is 20.5. The van der Waals surface area contributed by atoms with Crippen molar-refractivity contribution in [3.63, 3.8) is 0 Å². The maximum absolute atomic E-state index is 12.9. The summed E-state index contributed by atoms with van der Waals surface area (Å²) in [6, 6.07) is 9.78. The molecule has 8 heteroatoms. The second-order valence-corrected chi connectivity index (χ2v) is 9.28. The fourth-order valence-electron chi connectivity index (χ4n) is 3.71. The van der Waals surface area contributed by atoms with Gasteiger partial charge in [0.25, 0.3) is 0 Å². The lowest BCUT2D eigenvalue weighted by Gasteiger charge is -2.31. The van der Waals surface area contributed by atoms with Crippen molar-refractivity contribution in [3.05, 3.63) is 47.3 Å². The lowest BCUT2D eigenvalue weighted by Crippen LogP contribution is -2.40. The molecule has 1 N–H and O–H groups in total. The first-order chi connectivity index (χ1) is 13.3. The molecule has 28 heavy (non-hydrogen) atoms.